The Morgan fingerprint density at radius 2 is 2.00 bits per heavy atom. The lowest BCUT2D eigenvalue weighted by Gasteiger charge is -2.32. The van der Waals surface area contributed by atoms with Crippen molar-refractivity contribution in [2.24, 2.45) is 0 Å². The van der Waals surface area contributed by atoms with E-state index in [1.165, 1.54) is 6.07 Å². The second-order valence-corrected chi connectivity index (χ2v) is 4.91. The molecule has 0 radical (unpaired) electrons. The number of rotatable bonds is 2. The zero-order valence-corrected chi connectivity index (χ0v) is 10.9. The van der Waals surface area contributed by atoms with Crippen LogP contribution in [-0.4, -0.2) is 48.0 Å². The Balaban J connectivity index is 1.96. The first kappa shape index (κ1) is 12.0. The number of hydrogen-bond donors (Lipinski definition) is 0. The number of pyridine rings is 1. The Kier molecular flexibility index (Phi) is 3.89. The summed E-state index contributed by atoms with van der Waals surface area (Å²) < 4.78 is 13.3. The molecule has 0 spiro atoms. The third-order valence-electron chi connectivity index (χ3n) is 2.84. The Morgan fingerprint density at radius 1 is 1.31 bits per heavy atom. The molecule has 3 nitrogen and oxygen atoms in total. The second kappa shape index (κ2) is 5.21. The topological polar surface area (TPSA) is 19.4 Å². The maximum atomic E-state index is 13.0. The minimum atomic E-state index is -0.304. The number of nitrogens with zero attached hydrogens (tertiary/aromatic N) is 3. The summed E-state index contributed by atoms with van der Waals surface area (Å²) in [5.41, 5.74) is 0.915. The summed E-state index contributed by atoms with van der Waals surface area (Å²) in [6.07, 6.45) is 0. The second-order valence-electron chi connectivity index (χ2n) is 4.15. The molecule has 0 atom stereocenters. The molecular weight excluding hydrogens is 273 g/mol. The molecule has 2 heterocycles. The average Bonchev–Trinajstić information content (AvgIpc) is 2.27. The number of piperazine rings is 1. The Bertz CT molecular complexity index is 364. The summed E-state index contributed by atoms with van der Waals surface area (Å²) in [7, 11) is 2.13. The van der Waals surface area contributed by atoms with Gasteiger partial charge in [0.25, 0.3) is 0 Å². The van der Waals surface area contributed by atoms with Crippen LogP contribution in [0.15, 0.2) is 16.7 Å². The van der Waals surface area contributed by atoms with Gasteiger partial charge in [-0.05, 0) is 35.1 Å². The molecule has 16 heavy (non-hydrogen) atoms. The fourth-order valence-electron chi connectivity index (χ4n) is 1.78. The molecule has 0 aromatic carbocycles. The number of aromatic nitrogens is 1. The van der Waals surface area contributed by atoms with Crippen molar-refractivity contribution in [1.29, 1.82) is 0 Å². The van der Waals surface area contributed by atoms with Gasteiger partial charge in [-0.3, -0.25) is 4.90 Å². The van der Waals surface area contributed by atoms with Gasteiger partial charge in [0.05, 0.1) is 5.69 Å². The van der Waals surface area contributed by atoms with Crippen LogP contribution in [-0.2, 0) is 6.54 Å². The quantitative estimate of drug-likeness (QED) is 0.773. The first-order chi connectivity index (χ1) is 7.65. The van der Waals surface area contributed by atoms with Crippen LogP contribution in [0.5, 0.6) is 0 Å². The molecule has 1 aromatic heterocycles. The summed E-state index contributed by atoms with van der Waals surface area (Å²) in [5.74, 6) is -0.304. The Labute approximate surface area is 103 Å². The third-order valence-corrected chi connectivity index (χ3v) is 3.40. The van der Waals surface area contributed by atoms with Crippen molar-refractivity contribution in [3.8, 4) is 0 Å². The summed E-state index contributed by atoms with van der Waals surface area (Å²) in [6, 6.07) is 3.21. The Hall–Kier alpha value is -0.520. The van der Waals surface area contributed by atoms with Crippen LogP contribution in [0.1, 0.15) is 5.69 Å². The molecule has 0 amide bonds. The van der Waals surface area contributed by atoms with Crippen molar-refractivity contribution in [1.82, 2.24) is 14.8 Å². The van der Waals surface area contributed by atoms with Gasteiger partial charge in [0.2, 0.25) is 0 Å². The zero-order valence-electron chi connectivity index (χ0n) is 9.29. The van der Waals surface area contributed by atoms with Crippen molar-refractivity contribution < 1.29 is 4.39 Å². The highest BCUT2D eigenvalue weighted by molar-refractivity contribution is 9.10. The fourth-order valence-corrected chi connectivity index (χ4v) is 2.14. The van der Waals surface area contributed by atoms with Crippen LogP contribution >= 0.6 is 15.9 Å². The van der Waals surface area contributed by atoms with Crippen molar-refractivity contribution in [2.45, 2.75) is 6.54 Å². The first-order valence-electron chi connectivity index (χ1n) is 5.37. The maximum Gasteiger partial charge on any atom is 0.155 e. The van der Waals surface area contributed by atoms with Crippen molar-refractivity contribution in [2.75, 3.05) is 33.2 Å². The smallest absolute Gasteiger partial charge is 0.155 e. The van der Waals surface area contributed by atoms with E-state index in [2.05, 4.69) is 37.8 Å². The van der Waals surface area contributed by atoms with Gasteiger partial charge in [0, 0.05) is 32.7 Å². The van der Waals surface area contributed by atoms with Gasteiger partial charge in [0.1, 0.15) is 4.60 Å². The van der Waals surface area contributed by atoms with E-state index in [4.69, 9.17) is 0 Å². The lowest BCUT2D eigenvalue weighted by molar-refractivity contribution is 0.147. The molecule has 1 aliphatic rings. The first-order valence-corrected chi connectivity index (χ1v) is 6.16. The molecule has 88 valence electrons. The highest BCUT2D eigenvalue weighted by Gasteiger charge is 2.14. The van der Waals surface area contributed by atoms with Gasteiger partial charge in [-0.25, -0.2) is 9.37 Å². The van der Waals surface area contributed by atoms with Crippen LogP contribution < -0.4 is 0 Å². The van der Waals surface area contributed by atoms with Gasteiger partial charge in [0.15, 0.2) is 5.82 Å². The van der Waals surface area contributed by atoms with E-state index in [0.29, 0.717) is 4.60 Å². The molecule has 0 N–H and O–H groups in total. The maximum absolute atomic E-state index is 13.0. The monoisotopic (exact) mass is 287 g/mol. The highest BCUT2D eigenvalue weighted by Crippen LogP contribution is 2.14. The molecule has 0 saturated carbocycles. The molecule has 5 heteroatoms. The van der Waals surface area contributed by atoms with Gasteiger partial charge in [-0.15, -0.1) is 0 Å². The van der Waals surface area contributed by atoms with E-state index in [1.54, 1.807) is 6.07 Å². The molecule has 2 rings (SSSR count). The molecule has 1 aromatic rings. The third kappa shape index (κ3) is 2.99. The fraction of sp³-hybridized carbons (Fsp3) is 0.545. The highest BCUT2D eigenvalue weighted by atomic mass is 79.9. The van der Waals surface area contributed by atoms with Crippen LogP contribution in [0.3, 0.4) is 0 Å². The standard InChI is InChI=1S/C11H15BrFN3/c1-15-4-6-16(7-5-15)8-9-2-3-10(13)11(12)14-9/h2-3H,4-8H2,1H3. The van der Waals surface area contributed by atoms with Crippen molar-refractivity contribution in [3.63, 3.8) is 0 Å². The van der Waals surface area contributed by atoms with E-state index in [-0.39, 0.29) is 5.82 Å². The van der Waals surface area contributed by atoms with Crippen LogP contribution in [0.4, 0.5) is 4.39 Å². The number of likely N-dealkylation sites (N-methyl/N-ethyl adjacent to an activating group) is 1. The van der Waals surface area contributed by atoms with Crippen molar-refractivity contribution in [3.05, 3.63) is 28.2 Å². The predicted octanol–water partition coefficient (Wildman–Crippen LogP) is 1.73. The lowest BCUT2D eigenvalue weighted by Crippen LogP contribution is -2.44. The van der Waals surface area contributed by atoms with E-state index >= 15 is 0 Å². The molecule has 1 aliphatic heterocycles. The van der Waals surface area contributed by atoms with Gasteiger partial charge in [-0.1, -0.05) is 0 Å². The van der Waals surface area contributed by atoms with E-state index in [1.807, 2.05) is 0 Å². The summed E-state index contributed by atoms with van der Waals surface area (Å²) in [4.78, 5) is 8.82. The van der Waals surface area contributed by atoms with Crippen LogP contribution in [0.25, 0.3) is 0 Å². The SMILES string of the molecule is CN1CCN(Cc2ccc(F)c(Br)n2)CC1. The summed E-state index contributed by atoms with van der Waals surface area (Å²) in [6.45, 7) is 5.07. The molecule has 1 saturated heterocycles. The largest absolute Gasteiger partial charge is 0.304 e. The van der Waals surface area contributed by atoms with E-state index in [0.717, 1.165) is 38.4 Å². The van der Waals surface area contributed by atoms with E-state index < -0.39 is 0 Å². The predicted molar refractivity (Wildman–Crippen MR) is 64.7 cm³/mol. The minimum Gasteiger partial charge on any atom is -0.304 e. The van der Waals surface area contributed by atoms with Gasteiger partial charge >= 0.3 is 0 Å². The molecule has 0 aliphatic carbocycles. The van der Waals surface area contributed by atoms with Crippen LogP contribution in [0.2, 0.25) is 0 Å². The molecular formula is C11H15BrFN3. The molecule has 0 unspecified atom stereocenters. The summed E-state index contributed by atoms with van der Waals surface area (Å²) in [5, 5.41) is 0. The zero-order chi connectivity index (χ0) is 11.5. The Morgan fingerprint density at radius 3 is 2.62 bits per heavy atom. The lowest BCUT2D eigenvalue weighted by atomic mass is 10.3. The molecule has 1 fully saturated rings. The minimum absolute atomic E-state index is 0.304. The van der Waals surface area contributed by atoms with E-state index in [9.17, 15) is 4.39 Å². The number of hydrogen-bond acceptors (Lipinski definition) is 3. The molecule has 0 bridgehead atoms. The van der Waals surface area contributed by atoms with Crippen molar-refractivity contribution >= 4 is 15.9 Å². The van der Waals surface area contributed by atoms with Gasteiger partial charge in [-0.2, -0.15) is 0 Å². The number of halogens is 2. The normalized spacial score (nSPS) is 18.9. The average molecular weight is 288 g/mol. The summed E-state index contributed by atoms with van der Waals surface area (Å²) >= 11 is 3.11. The van der Waals surface area contributed by atoms with Crippen LogP contribution in [0, 0.1) is 5.82 Å². The van der Waals surface area contributed by atoms with Gasteiger partial charge < -0.3 is 4.90 Å².